The van der Waals surface area contributed by atoms with E-state index in [0.717, 1.165) is 18.4 Å². The van der Waals surface area contributed by atoms with Crippen molar-refractivity contribution in [2.75, 3.05) is 0 Å². The maximum Gasteiger partial charge on any atom is 0.140 e. The Hall–Kier alpha value is -1.37. The van der Waals surface area contributed by atoms with Crippen molar-refractivity contribution in [3.63, 3.8) is 0 Å². The van der Waals surface area contributed by atoms with Crippen LogP contribution in [0.25, 0.3) is 0 Å². The lowest BCUT2D eigenvalue weighted by Gasteiger charge is -2.10. The van der Waals surface area contributed by atoms with Gasteiger partial charge in [-0.3, -0.25) is 4.79 Å². The van der Waals surface area contributed by atoms with Crippen molar-refractivity contribution in [1.29, 1.82) is 0 Å². The Labute approximate surface area is 91.8 Å². The largest absolute Gasteiger partial charge is 0.299 e. The molecule has 1 rings (SSSR count). The summed E-state index contributed by atoms with van der Waals surface area (Å²) in [5.74, 6) is 0.464. The number of carbonyl (C=O) groups is 1. The predicted molar refractivity (Wildman–Crippen MR) is 63.7 cm³/mol. The van der Waals surface area contributed by atoms with Gasteiger partial charge in [0.2, 0.25) is 0 Å². The van der Waals surface area contributed by atoms with Gasteiger partial charge in [0, 0.05) is 12.3 Å². The minimum atomic E-state index is 0.141. The first-order chi connectivity index (χ1) is 7.27. The summed E-state index contributed by atoms with van der Waals surface area (Å²) in [6.07, 6.45) is 4.07. The molecular formula is C14H18O. The molecule has 0 aliphatic carbocycles. The van der Waals surface area contributed by atoms with Crippen molar-refractivity contribution in [3.05, 3.63) is 48.6 Å². The Kier molecular flexibility index (Phi) is 4.82. The fourth-order valence-electron chi connectivity index (χ4n) is 1.67. The monoisotopic (exact) mass is 202 g/mol. The number of Topliss-reactive ketones (excluding diaryl/α,β-unsaturated/α-hetero) is 1. The Morgan fingerprint density at radius 2 is 2.07 bits per heavy atom. The Morgan fingerprint density at radius 3 is 2.60 bits per heavy atom. The second kappa shape index (κ2) is 6.18. The van der Waals surface area contributed by atoms with Crippen LogP contribution in [0.5, 0.6) is 0 Å². The normalized spacial score (nSPS) is 12.1. The van der Waals surface area contributed by atoms with E-state index in [2.05, 4.69) is 13.5 Å². The molecule has 0 aromatic heterocycles. The number of ketones is 1. The van der Waals surface area contributed by atoms with E-state index in [1.807, 2.05) is 36.4 Å². The summed E-state index contributed by atoms with van der Waals surface area (Å²) < 4.78 is 0. The zero-order valence-electron chi connectivity index (χ0n) is 9.28. The van der Waals surface area contributed by atoms with Gasteiger partial charge in [-0.25, -0.2) is 0 Å². The van der Waals surface area contributed by atoms with Gasteiger partial charge < -0.3 is 0 Å². The predicted octanol–water partition coefficient (Wildman–Crippen LogP) is 3.40. The molecule has 1 aromatic carbocycles. The van der Waals surface area contributed by atoms with E-state index in [1.165, 1.54) is 0 Å². The number of hydrogen-bond donors (Lipinski definition) is 0. The molecule has 15 heavy (non-hydrogen) atoms. The highest BCUT2D eigenvalue weighted by Gasteiger charge is 2.14. The van der Waals surface area contributed by atoms with Gasteiger partial charge in [-0.15, -0.1) is 6.58 Å². The van der Waals surface area contributed by atoms with Crippen LogP contribution in [0.3, 0.4) is 0 Å². The lowest BCUT2D eigenvalue weighted by Crippen LogP contribution is -2.15. The molecule has 1 atom stereocenters. The average Bonchev–Trinajstić information content (AvgIpc) is 2.27. The van der Waals surface area contributed by atoms with Crippen LogP contribution < -0.4 is 0 Å². The third kappa shape index (κ3) is 3.70. The van der Waals surface area contributed by atoms with Gasteiger partial charge in [0.15, 0.2) is 0 Å². The van der Waals surface area contributed by atoms with Crippen LogP contribution in [0.15, 0.2) is 43.0 Å². The van der Waals surface area contributed by atoms with E-state index in [4.69, 9.17) is 0 Å². The molecular weight excluding hydrogens is 184 g/mol. The highest BCUT2D eigenvalue weighted by molar-refractivity contribution is 5.83. The molecule has 1 aromatic rings. The van der Waals surface area contributed by atoms with Gasteiger partial charge in [0.05, 0.1) is 0 Å². The standard InChI is InChI=1S/C14H18O/c1-3-8-13(4-2)14(15)11-12-9-6-5-7-10-12/h3,5-7,9-10,13H,1,4,8,11H2,2H3. The molecule has 0 aliphatic rings. The van der Waals surface area contributed by atoms with Crippen LogP contribution >= 0.6 is 0 Å². The molecule has 0 amide bonds. The van der Waals surface area contributed by atoms with Gasteiger partial charge in [0.1, 0.15) is 5.78 Å². The van der Waals surface area contributed by atoms with Crippen molar-refractivity contribution in [2.45, 2.75) is 26.2 Å². The third-order valence-electron chi connectivity index (χ3n) is 2.62. The number of carbonyl (C=O) groups excluding carboxylic acids is 1. The van der Waals surface area contributed by atoms with Crippen LogP contribution in [0, 0.1) is 5.92 Å². The summed E-state index contributed by atoms with van der Waals surface area (Å²) in [7, 11) is 0. The smallest absolute Gasteiger partial charge is 0.140 e. The summed E-state index contributed by atoms with van der Waals surface area (Å²) >= 11 is 0. The van der Waals surface area contributed by atoms with E-state index in [1.54, 1.807) is 0 Å². The van der Waals surface area contributed by atoms with E-state index in [-0.39, 0.29) is 5.92 Å². The first-order valence-electron chi connectivity index (χ1n) is 5.45. The highest BCUT2D eigenvalue weighted by atomic mass is 16.1. The lowest BCUT2D eigenvalue weighted by molar-refractivity contribution is -0.122. The molecule has 0 N–H and O–H groups in total. The fourth-order valence-corrected chi connectivity index (χ4v) is 1.67. The molecule has 1 unspecified atom stereocenters. The quantitative estimate of drug-likeness (QED) is 0.646. The lowest BCUT2D eigenvalue weighted by atomic mass is 9.93. The van der Waals surface area contributed by atoms with Crippen LogP contribution in [0.2, 0.25) is 0 Å². The van der Waals surface area contributed by atoms with Crippen molar-refractivity contribution < 1.29 is 4.79 Å². The van der Waals surface area contributed by atoms with Crippen LogP contribution in [-0.4, -0.2) is 5.78 Å². The van der Waals surface area contributed by atoms with Crippen LogP contribution in [0.1, 0.15) is 25.3 Å². The van der Waals surface area contributed by atoms with Gasteiger partial charge in [0.25, 0.3) is 0 Å². The minimum absolute atomic E-state index is 0.141. The maximum absolute atomic E-state index is 11.9. The molecule has 0 spiro atoms. The van der Waals surface area contributed by atoms with Gasteiger partial charge in [-0.05, 0) is 18.4 Å². The van der Waals surface area contributed by atoms with Crippen LogP contribution in [0.4, 0.5) is 0 Å². The fraction of sp³-hybridized carbons (Fsp3) is 0.357. The average molecular weight is 202 g/mol. The number of allylic oxidation sites excluding steroid dienone is 1. The summed E-state index contributed by atoms with van der Waals surface area (Å²) in [5, 5.41) is 0. The zero-order chi connectivity index (χ0) is 11.1. The topological polar surface area (TPSA) is 17.1 Å². The SMILES string of the molecule is C=CCC(CC)C(=O)Cc1ccccc1. The van der Waals surface area contributed by atoms with Crippen molar-refractivity contribution >= 4 is 5.78 Å². The Balaban J connectivity index is 2.58. The van der Waals surface area contributed by atoms with Gasteiger partial charge >= 0.3 is 0 Å². The van der Waals surface area contributed by atoms with E-state index in [9.17, 15) is 4.79 Å². The Bertz CT molecular complexity index is 313. The number of hydrogen-bond acceptors (Lipinski definition) is 1. The zero-order valence-corrected chi connectivity index (χ0v) is 9.28. The number of benzene rings is 1. The third-order valence-corrected chi connectivity index (χ3v) is 2.62. The van der Waals surface area contributed by atoms with E-state index < -0.39 is 0 Å². The first kappa shape index (κ1) is 11.7. The molecule has 0 aliphatic heterocycles. The molecule has 1 nitrogen and oxygen atoms in total. The van der Waals surface area contributed by atoms with Crippen molar-refractivity contribution in [3.8, 4) is 0 Å². The molecule has 0 bridgehead atoms. The summed E-state index contributed by atoms with van der Waals surface area (Å²) in [5.41, 5.74) is 1.10. The summed E-state index contributed by atoms with van der Waals surface area (Å²) in [6.45, 7) is 5.74. The van der Waals surface area contributed by atoms with Gasteiger partial charge in [-0.1, -0.05) is 43.3 Å². The second-order valence-electron chi connectivity index (χ2n) is 3.76. The van der Waals surface area contributed by atoms with E-state index in [0.29, 0.717) is 12.2 Å². The number of rotatable bonds is 6. The summed E-state index contributed by atoms with van der Waals surface area (Å²) in [4.78, 5) is 11.9. The molecule has 0 saturated heterocycles. The maximum atomic E-state index is 11.9. The van der Waals surface area contributed by atoms with Gasteiger partial charge in [-0.2, -0.15) is 0 Å². The summed E-state index contributed by atoms with van der Waals surface area (Å²) in [6, 6.07) is 9.90. The molecule has 80 valence electrons. The molecule has 1 heteroatoms. The van der Waals surface area contributed by atoms with Crippen molar-refractivity contribution in [2.24, 2.45) is 5.92 Å². The van der Waals surface area contributed by atoms with Crippen LogP contribution in [-0.2, 0) is 11.2 Å². The first-order valence-corrected chi connectivity index (χ1v) is 5.45. The minimum Gasteiger partial charge on any atom is -0.299 e. The highest BCUT2D eigenvalue weighted by Crippen LogP contribution is 2.13. The molecule has 0 fully saturated rings. The molecule has 0 saturated carbocycles. The molecule has 0 heterocycles. The van der Waals surface area contributed by atoms with Crippen molar-refractivity contribution in [1.82, 2.24) is 0 Å². The molecule has 0 radical (unpaired) electrons. The second-order valence-corrected chi connectivity index (χ2v) is 3.76. The Morgan fingerprint density at radius 1 is 1.40 bits per heavy atom. The van der Waals surface area contributed by atoms with E-state index >= 15 is 0 Å².